The van der Waals surface area contributed by atoms with Crippen LogP contribution < -0.4 is 37.4 Å². The van der Waals surface area contributed by atoms with Crippen LogP contribution in [-0.4, -0.2) is 361 Å². The van der Waals surface area contributed by atoms with Crippen LogP contribution in [0, 0.1) is 5.92 Å². The second kappa shape index (κ2) is 79.5. The van der Waals surface area contributed by atoms with Crippen molar-refractivity contribution in [3.8, 4) is 5.75 Å². The van der Waals surface area contributed by atoms with Gasteiger partial charge < -0.3 is 183 Å². The van der Waals surface area contributed by atoms with Gasteiger partial charge in [-0.1, -0.05) is 38.1 Å². The number of likely N-dealkylation sites (N-methyl/N-ethyl adjacent to an activating group) is 2. The first-order valence-corrected chi connectivity index (χ1v) is 43.2. The smallest absolute Gasteiger partial charge is 0.415 e. The van der Waals surface area contributed by atoms with Crippen LogP contribution in [-0.2, 0) is 189 Å². The highest BCUT2D eigenvalue weighted by molar-refractivity contribution is 6.13. The van der Waals surface area contributed by atoms with Gasteiger partial charge in [0.1, 0.15) is 43.4 Å². The van der Waals surface area contributed by atoms with E-state index in [1.807, 2.05) is 0 Å². The maximum Gasteiger partial charge on any atom is 0.415 e. The van der Waals surface area contributed by atoms with Crippen molar-refractivity contribution in [1.82, 2.24) is 36.0 Å². The number of methoxy groups -OCH3 is 1. The number of primary amides is 1. The third kappa shape index (κ3) is 61.8. The number of ether oxygens (including phenoxy) is 30. The molecular weight excluding hydrogens is 1820 g/mol. The number of benzene rings is 2. The molecule has 9 amide bonds. The first kappa shape index (κ1) is 119. The molecule has 2 heterocycles. The Labute approximate surface area is 786 Å². The molecule has 2 aromatic carbocycles. The van der Waals surface area contributed by atoms with Crippen LogP contribution in [0.15, 0.2) is 76.0 Å². The van der Waals surface area contributed by atoms with Gasteiger partial charge in [-0.15, -0.1) is 0 Å². The molecule has 51 nitrogen and oxygen atoms in total. The van der Waals surface area contributed by atoms with E-state index < -0.39 is 89.0 Å². The lowest BCUT2D eigenvalue weighted by Gasteiger charge is -2.26. The molecule has 0 saturated carbocycles. The molecule has 2 unspecified atom stereocenters. The normalized spacial score (nSPS) is 12.6. The predicted octanol–water partition coefficient (Wildman–Crippen LogP) is 2.46. The number of carbonyl (C=O) groups is 11. The Morgan fingerprint density at radius 1 is 0.412 bits per heavy atom. The first-order valence-electron chi connectivity index (χ1n) is 43.2. The number of hydrogen-bond acceptors (Lipinski definition) is 43. The van der Waals surface area contributed by atoms with Crippen LogP contribution >= 0.6 is 0 Å². The number of nitrogens with one attached hydrogen (secondary N) is 4. The summed E-state index contributed by atoms with van der Waals surface area (Å²) in [5.41, 5.74) is 6.11. The minimum Gasteiger partial charge on any atom is -0.445 e. The summed E-state index contributed by atoms with van der Waals surface area (Å²) in [6.45, 7) is 2.62. The summed E-state index contributed by atoms with van der Waals surface area (Å²) in [4.78, 5) is 157. The van der Waals surface area contributed by atoms with Crippen LogP contribution in [0.1, 0.15) is 89.2 Å². The van der Waals surface area contributed by atoms with E-state index in [4.69, 9.17) is 152 Å². The molecule has 770 valence electrons. The lowest BCUT2D eigenvalue weighted by molar-refractivity contribution is -0.242. The topological polar surface area (TPSA) is 579 Å². The van der Waals surface area contributed by atoms with E-state index in [1.54, 1.807) is 56.3 Å². The maximum absolute atomic E-state index is 14.2. The number of imide groups is 1. The summed E-state index contributed by atoms with van der Waals surface area (Å²) < 4.78 is 161. The minimum atomic E-state index is -1.18. The quantitative estimate of drug-likeness (QED) is 0.0234. The molecule has 0 spiro atoms. The van der Waals surface area contributed by atoms with Crippen LogP contribution in [0.5, 0.6) is 5.75 Å². The van der Waals surface area contributed by atoms with Crippen molar-refractivity contribution in [1.29, 1.82) is 0 Å². The van der Waals surface area contributed by atoms with Crippen molar-refractivity contribution < 1.29 is 199 Å². The molecule has 3 aromatic rings. The summed E-state index contributed by atoms with van der Waals surface area (Å²) in [5.74, 6) is -4.02. The number of fused-ring (bicyclic) bond motifs is 1. The highest BCUT2D eigenvalue weighted by Crippen LogP contribution is 2.21. The highest BCUT2D eigenvalue weighted by Gasteiger charge is 2.31. The molecule has 1 aliphatic heterocycles. The summed E-state index contributed by atoms with van der Waals surface area (Å²) >= 11 is 0. The Bertz CT molecular complexity index is 3840. The Morgan fingerprint density at radius 3 is 1.29 bits per heavy atom. The van der Waals surface area contributed by atoms with Gasteiger partial charge in [0.15, 0.2) is 154 Å². The first-order chi connectivity index (χ1) is 66.1. The zero-order chi connectivity index (χ0) is 98.3. The second-order valence-corrected chi connectivity index (χ2v) is 28.8. The largest absolute Gasteiger partial charge is 0.445 e. The monoisotopic (exact) mass is 1950 g/mol. The molecule has 51 heteroatoms. The van der Waals surface area contributed by atoms with E-state index in [-0.39, 0.29) is 323 Å². The predicted molar refractivity (Wildman–Crippen MR) is 461 cm³/mol. The third-order valence-corrected chi connectivity index (χ3v) is 17.7. The number of nitrogens with zero attached hydrogens (tertiary/aromatic N) is 3. The summed E-state index contributed by atoms with van der Waals surface area (Å²) in [5, 5.41) is 11.3. The second-order valence-electron chi connectivity index (χ2n) is 28.8. The number of carbonyl (C=O) groups excluding carboxylic acids is 11. The summed E-state index contributed by atoms with van der Waals surface area (Å²) in [6.07, 6.45) is 1.33. The van der Waals surface area contributed by atoms with E-state index in [1.165, 1.54) is 55.3 Å². The zero-order valence-electron chi connectivity index (χ0n) is 77.6. The summed E-state index contributed by atoms with van der Waals surface area (Å²) in [7, 11) is 4.48. The number of urea groups is 1. The van der Waals surface area contributed by atoms with Gasteiger partial charge in [0.2, 0.25) is 17.7 Å². The van der Waals surface area contributed by atoms with E-state index >= 15 is 0 Å². The highest BCUT2D eigenvalue weighted by atomic mass is 16.9. The molecule has 0 radical (unpaired) electrons. The average molecular weight is 1950 g/mol. The fourth-order valence-corrected chi connectivity index (χ4v) is 10.8. The van der Waals surface area contributed by atoms with Crippen LogP contribution in [0.4, 0.5) is 14.4 Å². The van der Waals surface area contributed by atoms with E-state index in [0.717, 1.165) is 4.90 Å². The van der Waals surface area contributed by atoms with Gasteiger partial charge in [0, 0.05) is 129 Å². The summed E-state index contributed by atoms with van der Waals surface area (Å²) in [6, 6.07) is 9.89. The minimum absolute atomic E-state index is 0.0173. The van der Waals surface area contributed by atoms with Gasteiger partial charge >= 0.3 is 23.8 Å². The van der Waals surface area contributed by atoms with Crippen molar-refractivity contribution >= 4 is 76.1 Å². The Balaban J connectivity index is 1.08. The van der Waals surface area contributed by atoms with Gasteiger partial charge in [-0.3, -0.25) is 43.3 Å². The van der Waals surface area contributed by atoms with Gasteiger partial charge in [-0.25, -0.2) is 19.2 Å². The van der Waals surface area contributed by atoms with Gasteiger partial charge in [-0.05, 0) is 67.3 Å². The zero-order valence-corrected chi connectivity index (χ0v) is 77.6. The number of nitrogens with two attached hydrogens (primary N) is 1. The number of ketones is 3. The molecule has 3 atom stereocenters. The lowest BCUT2D eigenvalue weighted by Crippen LogP contribution is -2.54. The molecule has 1 aliphatic rings. The molecule has 4 rings (SSSR count). The van der Waals surface area contributed by atoms with Crippen LogP contribution in [0.2, 0.25) is 0 Å². The standard InChI is InChI=1S/C85H132N8O43/c1-65(2)81(82(102)89-71(10-6-26-87-83(86)103)74(96)39-66-12-14-67(15-13-66)41-134-84(104)91(3)28-29-92(4)85(105)135-70-18-16-68-17-23-80(101)136-75(68)40-70)90-76(97)20-19-72(88-77(98)25-32-108-34-36-110-38-37-109-35-33-107-30-7-9-69(94)24-27-93-78(99)21-22-79(93)100)73(95)11-8-31-111-43-113-45-115-47-117-49-119-51-121-53-123-55-125-57-127-59-129-61-131-63-133-64-132-62-130-60-128-58-126-56-124-54-122-52-120-50-118-48-116-46-114-44-112-42-106-5/h12-18,21-23,40,65,71-72,81H,6-11,19-20,24-39,41-64H2,1-5H3,(H,88,98)(H,89,102)(H,90,97)(H3,86,87,103)/t71-,72?,81?/m0/s1. The maximum atomic E-state index is 14.2. The molecule has 0 fully saturated rings. The van der Waals surface area contributed by atoms with Crippen LogP contribution in [0.25, 0.3) is 11.0 Å². The number of amides is 9. The number of hydrogen-bond donors (Lipinski definition) is 5. The molecule has 6 N–H and O–H groups in total. The Kier molecular flexibility index (Phi) is 69.6. The number of rotatable bonds is 91. The lowest BCUT2D eigenvalue weighted by atomic mass is 9.97. The van der Waals surface area contributed by atoms with E-state index in [2.05, 4.69) is 21.3 Å². The van der Waals surface area contributed by atoms with E-state index in [0.29, 0.717) is 29.5 Å². The molecule has 0 aliphatic carbocycles. The Morgan fingerprint density at radius 2 is 0.824 bits per heavy atom. The van der Waals surface area contributed by atoms with Crippen molar-refractivity contribution in [3.63, 3.8) is 0 Å². The molecule has 0 saturated heterocycles. The Hall–Kier alpha value is -9.36. The fraction of sp³-hybridized carbons (Fsp3) is 0.671. The molecule has 0 bridgehead atoms. The number of Topliss-reactive ketones (excluding diaryl/α,β-unsaturated/α-hetero) is 3. The van der Waals surface area contributed by atoms with Crippen molar-refractivity contribution in [3.05, 3.63) is 88.3 Å². The van der Waals surface area contributed by atoms with Gasteiger partial charge in [-0.2, -0.15) is 0 Å². The average Bonchev–Trinajstić information content (AvgIpc) is 0.972. The van der Waals surface area contributed by atoms with E-state index in [9.17, 15) is 57.5 Å². The molecule has 136 heavy (non-hydrogen) atoms. The van der Waals surface area contributed by atoms with Gasteiger partial charge in [0.05, 0.1) is 58.3 Å². The van der Waals surface area contributed by atoms with Crippen molar-refractivity contribution in [2.45, 2.75) is 109 Å². The fourth-order valence-electron chi connectivity index (χ4n) is 10.8. The van der Waals surface area contributed by atoms with Gasteiger partial charge in [0.25, 0.3) is 11.8 Å². The molecular formula is C85H132N8O43. The van der Waals surface area contributed by atoms with Crippen molar-refractivity contribution in [2.24, 2.45) is 11.7 Å². The molecule has 1 aromatic heterocycles. The SMILES string of the molecule is COCOCOCOCOCOCOCOCOCOCOCOCOCOCOCOCOCOCOCOCOCOCOCOCCCC(=O)C(CCC(=O)NC(C(=O)N[C@@H](CCCNC(N)=O)C(=O)Cc1ccc(COC(=O)N(C)CCN(C)C(=O)Oc2ccc3ccc(=O)oc3c2)cc1)C(C)C)NC(=O)CCOCCOCCOCCOCCCC(=O)CCN1C(=O)C=CC1=O. The van der Waals surface area contributed by atoms with Crippen LogP contribution in [0.3, 0.4) is 0 Å². The third-order valence-electron chi connectivity index (χ3n) is 17.7. The van der Waals surface area contributed by atoms with Crippen molar-refractivity contribution in [2.75, 3.05) is 263 Å².